The summed E-state index contributed by atoms with van der Waals surface area (Å²) in [6.07, 6.45) is 0.651. The predicted octanol–water partition coefficient (Wildman–Crippen LogP) is 4.68. The van der Waals surface area contributed by atoms with Crippen LogP contribution in [0.1, 0.15) is 47.8 Å². The van der Waals surface area contributed by atoms with Crippen molar-refractivity contribution in [3.05, 3.63) is 58.1 Å². The Morgan fingerprint density at radius 2 is 2.00 bits per heavy atom. The number of nitrogens with two attached hydrogens (primary N) is 1. The highest BCUT2D eigenvalue weighted by atomic mass is 35.5. The fraction of sp³-hybridized carbons (Fsp3) is 0.316. The van der Waals surface area contributed by atoms with E-state index in [1.165, 1.54) is 0 Å². The number of anilines is 1. The van der Waals surface area contributed by atoms with Gasteiger partial charge in [0.25, 0.3) is 5.91 Å². The van der Waals surface area contributed by atoms with Crippen LogP contribution in [-0.2, 0) is 0 Å². The molecule has 0 saturated carbocycles. The molecule has 1 unspecified atom stereocenters. The van der Waals surface area contributed by atoms with Crippen molar-refractivity contribution < 1.29 is 9.53 Å². The lowest BCUT2D eigenvalue weighted by Crippen LogP contribution is -2.41. The summed E-state index contributed by atoms with van der Waals surface area (Å²) in [5.41, 5.74) is 8.55. The number of hydrogen-bond donors (Lipinski definition) is 2. The zero-order valence-electron chi connectivity index (χ0n) is 14.4. The second-order valence-electron chi connectivity index (χ2n) is 6.87. The maximum Gasteiger partial charge on any atom is 0.253 e. The highest BCUT2D eigenvalue weighted by Gasteiger charge is 2.35. The van der Waals surface area contributed by atoms with E-state index in [-0.39, 0.29) is 30.0 Å². The van der Waals surface area contributed by atoms with E-state index >= 15 is 0 Å². The number of halogens is 2. The summed E-state index contributed by atoms with van der Waals surface area (Å²) in [7, 11) is 0. The number of rotatable bonds is 2. The maximum atomic E-state index is 12.7. The Balaban J connectivity index is 0.00000225. The van der Waals surface area contributed by atoms with E-state index in [9.17, 15) is 4.79 Å². The molecule has 2 aromatic carbocycles. The molecule has 1 heterocycles. The molecule has 2 aromatic rings. The molecule has 4 nitrogen and oxygen atoms in total. The maximum absolute atomic E-state index is 12.7. The molecule has 3 N–H and O–H groups in total. The molecule has 134 valence electrons. The molecule has 0 spiro atoms. The van der Waals surface area contributed by atoms with Gasteiger partial charge in [0.15, 0.2) is 0 Å². The quantitative estimate of drug-likeness (QED) is 0.742. The first kappa shape index (κ1) is 19.4. The lowest BCUT2D eigenvalue weighted by atomic mass is 9.89. The average molecular weight is 381 g/mol. The van der Waals surface area contributed by atoms with E-state index in [1.807, 2.05) is 39.0 Å². The van der Waals surface area contributed by atoms with Gasteiger partial charge >= 0.3 is 0 Å². The van der Waals surface area contributed by atoms with Crippen molar-refractivity contribution in [1.82, 2.24) is 5.32 Å². The van der Waals surface area contributed by atoms with E-state index in [1.54, 1.807) is 18.2 Å². The van der Waals surface area contributed by atoms with Gasteiger partial charge in [-0.2, -0.15) is 0 Å². The van der Waals surface area contributed by atoms with Crippen LogP contribution in [0.2, 0.25) is 5.02 Å². The van der Waals surface area contributed by atoms with Crippen LogP contribution < -0.4 is 15.8 Å². The Bertz CT molecular complexity index is 806. The van der Waals surface area contributed by atoms with Gasteiger partial charge in [-0.05, 0) is 56.7 Å². The third-order valence-electron chi connectivity index (χ3n) is 4.17. The monoisotopic (exact) mass is 380 g/mol. The van der Waals surface area contributed by atoms with Crippen LogP contribution in [0.15, 0.2) is 36.4 Å². The SMILES string of the molecule is Cc1ccc(C(=O)NC2CC(C)(C)Oc3ccc(N)cc32)c(Cl)c1.Cl. The summed E-state index contributed by atoms with van der Waals surface area (Å²) in [4.78, 5) is 12.7. The zero-order chi connectivity index (χ0) is 17.5. The fourth-order valence-corrected chi connectivity index (χ4v) is 3.36. The third-order valence-corrected chi connectivity index (χ3v) is 4.48. The van der Waals surface area contributed by atoms with E-state index < -0.39 is 0 Å². The smallest absolute Gasteiger partial charge is 0.253 e. The Morgan fingerprint density at radius 1 is 1.28 bits per heavy atom. The molecule has 1 aliphatic rings. The van der Waals surface area contributed by atoms with Gasteiger partial charge in [-0.1, -0.05) is 17.7 Å². The van der Waals surface area contributed by atoms with Crippen molar-refractivity contribution in [1.29, 1.82) is 0 Å². The van der Waals surface area contributed by atoms with Gasteiger partial charge in [0.05, 0.1) is 16.6 Å². The molecule has 0 saturated heterocycles. The summed E-state index contributed by atoms with van der Waals surface area (Å²) >= 11 is 6.22. The van der Waals surface area contributed by atoms with Gasteiger partial charge in [-0.15, -0.1) is 12.4 Å². The summed E-state index contributed by atoms with van der Waals surface area (Å²) in [6, 6.07) is 10.7. The molecule has 0 aromatic heterocycles. The summed E-state index contributed by atoms with van der Waals surface area (Å²) < 4.78 is 6.00. The Hall–Kier alpha value is -1.91. The van der Waals surface area contributed by atoms with Crippen LogP contribution in [-0.4, -0.2) is 11.5 Å². The van der Waals surface area contributed by atoms with Crippen LogP contribution in [0.3, 0.4) is 0 Å². The number of carbonyl (C=O) groups excluding carboxylic acids is 1. The first-order chi connectivity index (χ1) is 11.2. The number of hydrogen-bond acceptors (Lipinski definition) is 3. The number of nitrogens with one attached hydrogen (secondary N) is 1. The molecule has 0 aliphatic carbocycles. The van der Waals surface area contributed by atoms with Crippen molar-refractivity contribution in [2.45, 2.75) is 38.8 Å². The molecule has 25 heavy (non-hydrogen) atoms. The highest BCUT2D eigenvalue weighted by Crippen LogP contribution is 2.40. The summed E-state index contributed by atoms with van der Waals surface area (Å²) in [5.74, 6) is 0.553. The second kappa shape index (κ2) is 7.14. The van der Waals surface area contributed by atoms with Gasteiger partial charge in [0.1, 0.15) is 11.4 Å². The van der Waals surface area contributed by atoms with E-state index in [0.717, 1.165) is 16.9 Å². The van der Waals surface area contributed by atoms with Crippen LogP contribution >= 0.6 is 24.0 Å². The number of amides is 1. The summed E-state index contributed by atoms with van der Waals surface area (Å²) in [5, 5.41) is 3.53. The zero-order valence-corrected chi connectivity index (χ0v) is 16.0. The fourth-order valence-electron chi connectivity index (χ4n) is 3.04. The Labute approximate surface area is 159 Å². The lowest BCUT2D eigenvalue weighted by molar-refractivity contribution is 0.0620. The van der Waals surface area contributed by atoms with E-state index in [2.05, 4.69) is 5.32 Å². The minimum Gasteiger partial charge on any atom is -0.487 e. The second-order valence-corrected chi connectivity index (χ2v) is 7.28. The van der Waals surface area contributed by atoms with Crippen molar-refractivity contribution in [3.8, 4) is 5.75 Å². The topological polar surface area (TPSA) is 64.3 Å². The number of benzene rings is 2. The van der Waals surface area contributed by atoms with Crippen molar-refractivity contribution in [2.24, 2.45) is 0 Å². The molecule has 0 fully saturated rings. The minimum absolute atomic E-state index is 0. The molecule has 6 heteroatoms. The molecule has 0 radical (unpaired) electrons. The van der Waals surface area contributed by atoms with Crippen LogP contribution in [0.5, 0.6) is 5.75 Å². The normalized spacial score (nSPS) is 17.7. The first-order valence-electron chi connectivity index (χ1n) is 7.91. The minimum atomic E-state index is -0.377. The van der Waals surface area contributed by atoms with E-state index in [0.29, 0.717) is 22.7 Å². The Morgan fingerprint density at radius 3 is 2.68 bits per heavy atom. The standard InChI is InChI=1S/C19H21ClN2O2.ClH/c1-11-4-6-13(15(20)8-11)18(23)22-16-10-19(2,3)24-17-7-5-12(21)9-14(16)17;/h4-9,16H,10,21H2,1-3H3,(H,22,23);1H. The van der Waals surface area contributed by atoms with Crippen LogP contribution in [0, 0.1) is 6.92 Å². The summed E-state index contributed by atoms with van der Waals surface area (Å²) in [6.45, 7) is 5.95. The first-order valence-corrected chi connectivity index (χ1v) is 8.28. The molecule has 3 rings (SSSR count). The molecule has 0 bridgehead atoms. The number of ether oxygens (including phenoxy) is 1. The number of carbonyl (C=O) groups is 1. The highest BCUT2D eigenvalue weighted by molar-refractivity contribution is 6.33. The predicted molar refractivity (Wildman–Crippen MR) is 104 cm³/mol. The van der Waals surface area contributed by atoms with E-state index in [4.69, 9.17) is 22.1 Å². The van der Waals surface area contributed by atoms with Gasteiger partial charge in [0, 0.05) is 17.7 Å². The lowest BCUT2D eigenvalue weighted by Gasteiger charge is -2.38. The molecule has 1 atom stereocenters. The third kappa shape index (κ3) is 4.20. The van der Waals surface area contributed by atoms with Crippen molar-refractivity contribution >= 4 is 35.6 Å². The number of fused-ring (bicyclic) bond motifs is 1. The van der Waals surface area contributed by atoms with Gasteiger partial charge in [-0.3, -0.25) is 4.79 Å². The Kier molecular flexibility index (Phi) is 5.55. The van der Waals surface area contributed by atoms with Crippen molar-refractivity contribution in [2.75, 3.05) is 5.73 Å². The van der Waals surface area contributed by atoms with Gasteiger partial charge in [-0.25, -0.2) is 0 Å². The number of nitrogen functional groups attached to an aromatic ring is 1. The van der Waals surface area contributed by atoms with Gasteiger partial charge < -0.3 is 15.8 Å². The number of aryl methyl sites for hydroxylation is 1. The molecular weight excluding hydrogens is 359 g/mol. The van der Waals surface area contributed by atoms with Crippen LogP contribution in [0.4, 0.5) is 5.69 Å². The largest absolute Gasteiger partial charge is 0.487 e. The molecule has 1 aliphatic heterocycles. The van der Waals surface area contributed by atoms with Crippen molar-refractivity contribution in [3.63, 3.8) is 0 Å². The van der Waals surface area contributed by atoms with Crippen LogP contribution in [0.25, 0.3) is 0 Å². The molecular formula is C19H22Cl2N2O2. The molecule has 1 amide bonds. The average Bonchev–Trinajstić information content (AvgIpc) is 2.47. The van der Waals surface area contributed by atoms with Gasteiger partial charge in [0.2, 0.25) is 0 Å².